The zero-order chi connectivity index (χ0) is 16.2. The summed E-state index contributed by atoms with van der Waals surface area (Å²) in [4.78, 5) is 14.3. The second kappa shape index (κ2) is 6.73. The lowest BCUT2D eigenvalue weighted by Crippen LogP contribution is -2.38. The van der Waals surface area contributed by atoms with Gasteiger partial charge in [-0.2, -0.15) is 0 Å². The summed E-state index contributed by atoms with van der Waals surface area (Å²) in [6, 6.07) is 14.2. The molecular weight excluding hydrogens is 290 g/mol. The van der Waals surface area contributed by atoms with Crippen LogP contribution in [0, 0.1) is 0 Å². The summed E-state index contributed by atoms with van der Waals surface area (Å²) in [7, 11) is 0. The van der Waals surface area contributed by atoms with Crippen LogP contribution in [0.4, 0.5) is 0 Å². The Labute approximate surface area is 136 Å². The van der Waals surface area contributed by atoms with Gasteiger partial charge in [-0.3, -0.25) is 4.79 Å². The van der Waals surface area contributed by atoms with Crippen molar-refractivity contribution in [2.45, 2.75) is 25.2 Å². The number of phenolic OH excluding ortho intramolecular Hbond substituents is 2. The van der Waals surface area contributed by atoms with Crippen molar-refractivity contribution in [2.24, 2.45) is 0 Å². The second-order valence-electron chi connectivity index (χ2n) is 6.09. The van der Waals surface area contributed by atoms with Crippen molar-refractivity contribution in [3.8, 4) is 11.5 Å². The highest BCUT2D eigenvalue weighted by molar-refractivity contribution is 5.78. The van der Waals surface area contributed by atoms with Crippen molar-refractivity contribution >= 4 is 5.91 Å². The molecule has 1 saturated heterocycles. The van der Waals surface area contributed by atoms with Crippen molar-refractivity contribution in [1.82, 2.24) is 4.90 Å². The Hall–Kier alpha value is -2.49. The van der Waals surface area contributed by atoms with E-state index in [0.717, 1.165) is 31.5 Å². The van der Waals surface area contributed by atoms with E-state index in [1.165, 1.54) is 5.56 Å². The number of phenols is 2. The fourth-order valence-electron chi connectivity index (χ4n) is 3.11. The van der Waals surface area contributed by atoms with E-state index in [4.69, 9.17) is 0 Å². The van der Waals surface area contributed by atoms with E-state index in [9.17, 15) is 15.0 Å². The molecule has 1 aliphatic rings. The third-order valence-electron chi connectivity index (χ3n) is 4.50. The molecule has 23 heavy (non-hydrogen) atoms. The maximum atomic E-state index is 12.4. The molecular formula is C19H21NO3. The van der Waals surface area contributed by atoms with Gasteiger partial charge in [0, 0.05) is 13.1 Å². The van der Waals surface area contributed by atoms with E-state index in [1.54, 1.807) is 36.4 Å². The summed E-state index contributed by atoms with van der Waals surface area (Å²) >= 11 is 0. The van der Waals surface area contributed by atoms with E-state index in [0.29, 0.717) is 12.3 Å². The summed E-state index contributed by atoms with van der Waals surface area (Å²) in [5.74, 6) is 1.10. The van der Waals surface area contributed by atoms with Crippen LogP contribution in [0.2, 0.25) is 0 Å². The van der Waals surface area contributed by atoms with Gasteiger partial charge in [0.1, 0.15) is 11.5 Å². The molecule has 0 saturated carbocycles. The number of hydrogen-bond donors (Lipinski definition) is 2. The van der Waals surface area contributed by atoms with Gasteiger partial charge in [0.25, 0.3) is 0 Å². The van der Waals surface area contributed by atoms with E-state index < -0.39 is 0 Å². The Morgan fingerprint density at radius 2 is 1.43 bits per heavy atom. The third kappa shape index (κ3) is 3.83. The van der Waals surface area contributed by atoms with Crippen molar-refractivity contribution in [2.75, 3.05) is 13.1 Å². The first kappa shape index (κ1) is 15.4. The van der Waals surface area contributed by atoms with Gasteiger partial charge in [-0.05, 0) is 54.2 Å². The number of likely N-dealkylation sites (tertiary alicyclic amines) is 1. The van der Waals surface area contributed by atoms with E-state index in [2.05, 4.69) is 0 Å². The topological polar surface area (TPSA) is 60.8 Å². The Morgan fingerprint density at radius 1 is 0.913 bits per heavy atom. The molecule has 0 unspecified atom stereocenters. The molecule has 2 aromatic carbocycles. The lowest BCUT2D eigenvalue weighted by Gasteiger charge is -2.32. The number of carbonyl (C=O) groups excluding carboxylic acids is 1. The maximum absolute atomic E-state index is 12.4. The number of nitrogens with zero attached hydrogens (tertiary/aromatic N) is 1. The maximum Gasteiger partial charge on any atom is 0.226 e. The SMILES string of the molecule is O=C(Cc1ccc(O)cc1)N1CCC(c2ccc(O)cc2)CC1. The highest BCUT2D eigenvalue weighted by Crippen LogP contribution is 2.29. The van der Waals surface area contributed by atoms with Crippen LogP contribution in [0.3, 0.4) is 0 Å². The molecule has 3 rings (SSSR count). The molecule has 2 N–H and O–H groups in total. The molecule has 0 radical (unpaired) electrons. The van der Waals surface area contributed by atoms with Gasteiger partial charge in [0.05, 0.1) is 6.42 Å². The standard InChI is InChI=1S/C19H21NO3/c21-17-5-1-14(2-6-17)13-19(23)20-11-9-16(10-12-20)15-3-7-18(22)8-4-15/h1-8,16,21-22H,9-13H2. The van der Waals surface area contributed by atoms with Crippen molar-refractivity contribution in [1.29, 1.82) is 0 Å². The first-order valence-corrected chi connectivity index (χ1v) is 7.96. The fourth-order valence-corrected chi connectivity index (χ4v) is 3.11. The van der Waals surface area contributed by atoms with Crippen LogP contribution in [-0.4, -0.2) is 34.1 Å². The van der Waals surface area contributed by atoms with E-state index in [-0.39, 0.29) is 17.4 Å². The smallest absolute Gasteiger partial charge is 0.226 e. The number of piperidine rings is 1. The van der Waals surface area contributed by atoms with Crippen LogP contribution in [0.5, 0.6) is 11.5 Å². The van der Waals surface area contributed by atoms with Crippen LogP contribution >= 0.6 is 0 Å². The molecule has 120 valence electrons. The van der Waals surface area contributed by atoms with Crippen molar-refractivity contribution in [3.05, 3.63) is 59.7 Å². The van der Waals surface area contributed by atoms with E-state index >= 15 is 0 Å². The van der Waals surface area contributed by atoms with Crippen LogP contribution < -0.4 is 0 Å². The summed E-state index contributed by atoms with van der Waals surface area (Å²) in [6.45, 7) is 1.53. The van der Waals surface area contributed by atoms with Crippen LogP contribution in [0.1, 0.15) is 29.9 Å². The van der Waals surface area contributed by atoms with Gasteiger partial charge in [-0.1, -0.05) is 24.3 Å². The average Bonchev–Trinajstić information content (AvgIpc) is 2.58. The van der Waals surface area contributed by atoms with Crippen LogP contribution in [0.15, 0.2) is 48.5 Å². The lowest BCUT2D eigenvalue weighted by molar-refractivity contribution is -0.131. The van der Waals surface area contributed by atoms with Crippen LogP contribution in [-0.2, 0) is 11.2 Å². The molecule has 1 fully saturated rings. The van der Waals surface area contributed by atoms with Gasteiger partial charge in [-0.15, -0.1) is 0 Å². The number of aromatic hydroxyl groups is 2. The third-order valence-corrected chi connectivity index (χ3v) is 4.50. The molecule has 2 aromatic rings. The first-order chi connectivity index (χ1) is 11.1. The normalized spacial score (nSPS) is 15.6. The zero-order valence-electron chi connectivity index (χ0n) is 13.0. The van der Waals surface area contributed by atoms with Gasteiger partial charge in [-0.25, -0.2) is 0 Å². The lowest BCUT2D eigenvalue weighted by atomic mass is 9.89. The van der Waals surface area contributed by atoms with Crippen LogP contribution in [0.25, 0.3) is 0 Å². The Balaban J connectivity index is 1.54. The van der Waals surface area contributed by atoms with Gasteiger partial charge in [0.2, 0.25) is 5.91 Å². The minimum atomic E-state index is 0.139. The fraction of sp³-hybridized carbons (Fsp3) is 0.316. The number of benzene rings is 2. The summed E-state index contributed by atoms with van der Waals surface area (Å²) in [5, 5.41) is 18.6. The first-order valence-electron chi connectivity index (χ1n) is 7.96. The molecule has 4 heteroatoms. The molecule has 0 atom stereocenters. The van der Waals surface area contributed by atoms with Gasteiger partial charge in [0.15, 0.2) is 0 Å². The largest absolute Gasteiger partial charge is 0.508 e. The zero-order valence-corrected chi connectivity index (χ0v) is 13.0. The highest BCUT2D eigenvalue weighted by Gasteiger charge is 2.23. The highest BCUT2D eigenvalue weighted by atomic mass is 16.3. The Morgan fingerprint density at radius 3 is 2.00 bits per heavy atom. The molecule has 1 heterocycles. The summed E-state index contributed by atoms with van der Waals surface area (Å²) in [5.41, 5.74) is 2.15. The van der Waals surface area contributed by atoms with E-state index in [1.807, 2.05) is 17.0 Å². The molecule has 4 nitrogen and oxygen atoms in total. The molecule has 1 aliphatic heterocycles. The number of hydrogen-bond acceptors (Lipinski definition) is 3. The van der Waals surface area contributed by atoms with Gasteiger partial charge >= 0.3 is 0 Å². The summed E-state index contributed by atoms with van der Waals surface area (Å²) < 4.78 is 0. The van der Waals surface area contributed by atoms with Crippen molar-refractivity contribution < 1.29 is 15.0 Å². The Bertz CT molecular complexity index is 656. The summed E-state index contributed by atoms with van der Waals surface area (Å²) in [6.07, 6.45) is 2.28. The van der Waals surface area contributed by atoms with Crippen molar-refractivity contribution in [3.63, 3.8) is 0 Å². The quantitative estimate of drug-likeness (QED) is 0.916. The molecule has 0 spiro atoms. The van der Waals surface area contributed by atoms with Gasteiger partial charge < -0.3 is 15.1 Å². The number of amides is 1. The average molecular weight is 311 g/mol. The monoisotopic (exact) mass is 311 g/mol. The molecule has 0 bridgehead atoms. The minimum absolute atomic E-state index is 0.139. The number of carbonyl (C=O) groups is 1. The molecule has 0 aromatic heterocycles. The molecule has 1 amide bonds. The number of rotatable bonds is 3. The predicted molar refractivity (Wildman–Crippen MR) is 88.5 cm³/mol. The second-order valence-corrected chi connectivity index (χ2v) is 6.09. The molecule has 0 aliphatic carbocycles. The Kier molecular flexibility index (Phi) is 4.51. The minimum Gasteiger partial charge on any atom is -0.508 e. The predicted octanol–water partition coefficient (Wildman–Crippen LogP) is 3.05.